The topological polar surface area (TPSA) is 45.4 Å². The molecule has 1 aromatic heterocycles. The Labute approximate surface area is 74.9 Å². The Morgan fingerprint density at radius 2 is 2.08 bits per heavy atom. The first kappa shape index (κ1) is 8.93. The predicted molar refractivity (Wildman–Crippen MR) is 43.5 cm³/mol. The largest absolute Gasteiger partial charge is 0.618 e. The van der Waals surface area contributed by atoms with Gasteiger partial charge in [-0.15, -0.1) is 0 Å². The molecule has 0 aromatic carbocycles. The molecule has 5 heteroatoms. The molecule has 0 N–H and O–H groups in total. The van der Waals surface area contributed by atoms with E-state index in [0.717, 1.165) is 0 Å². The lowest BCUT2D eigenvalue weighted by Crippen LogP contribution is -2.27. The van der Waals surface area contributed by atoms with Gasteiger partial charge >= 0.3 is 5.15 Å². The third-order valence-corrected chi connectivity index (χ3v) is 1.73. The fraction of sp³-hybridized carbons (Fsp3) is 0.286. The number of ether oxygens (including phenoxy) is 2. The molecule has 0 spiro atoms. The summed E-state index contributed by atoms with van der Waals surface area (Å²) in [6.45, 7) is 0. The molecular weight excluding hydrogens is 182 g/mol. The number of hydrogen-bond acceptors (Lipinski definition) is 3. The van der Waals surface area contributed by atoms with E-state index in [-0.39, 0.29) is 10.9 Å². The monoisotopic (exact) mass is 189 g/mol. The van der Waals surface area contributed by atoms with Crippen molar-refractivity contribution in [1.82, 2.24) is 0 Å². The molecule has 1 heterocycles. The number of aromatic nitrogens is 1. The van der Waals surface area contributed by atoms with E-state index >= 15 is 0 Å². The van der Waals surface area contributed by atoms with Crippen LogP contribution in [0.4, 0.5) is 0 Å². The first-order valence-corrected chi connectivity index (χ1v) is 3.58. The summed E-state index contributed by atoms with van der Waals surface area (Å²) < 4.78 is 10.3. The van der Waals surface area contributed by atoms with E-state index in [9.17, 15) is 5.21 Å². The Balaban J connectivity index is 3.25. The summed E-state index contributed by atoms with van der Waals surface area (Å²) >= 11 is 5.62. The molecular formula is C7H8ClNO3. The van der Waals surface area contributed by atoms with Crippen LogP contribution in [0.1, 0.15) is 0 Å². The molecule has 0 saturated heterocycles. The molecule has 0 aliphatic rings. The Hall–Kier alpha value is -1.16. The molecule has 0 atom stereocenters. The van der Waals surface area contributed by atoms with Gasteiger partial charge in [-0.3, -0.25) is 0 Å². The summed E-state index contributed by atoms with van der Waals surface area (Å²) in [5.74, 6) is 0.686. The van der Waals surface area contributed by atoms with Crippen LogP contribution in [0.3, 0.4) is 0 Å². The summed E-state index contributed by atoms with van der Waals surface area (Å²) in [7, 11) is 2.90. The maximum Gasteiger partial charge on any atom is 0.332 e. The Bertz CT molecular complexity index is 290. The summed E-state index contributed by atoms with van der Waals surface area (Å²) in [5, 5.41) is 10.9. The minimum Gasteiger partial charge on any atom is -0.618 e. The molecule has 0 fully saturated rings. The van der Waals surface area contributed by atoms with E-state index in [2.05, 4.69) is 0 Å². The van der Waals surface area contributed by atoms with Gasteiger partial charge in [0.1, 0.15) is 0 Å². The molecule has 12 heavy (non-hydrogen) atoms. The first-order chi connectivity index (χ1) is 5.70. The zero-order chi connectivity index (χ0) is 9.14. The van der Waals surface area contributed by atoms with Crippen molar-refractivity contribution in [2.75, 3.05) is 14.2 Å². The number of hydrogen-bond donors (Lipinski definition) is 0. The van der Waals surface area contributed by atoms with Crippen LogP contribution in [-0.4, -0.2) is 14.2 Å². The van der Waals surface area contributed by atoms with Crippen LogP contribution in [0.2, 0.25) is 5.15 Å². The van der Waals surface area contributed by atoms with Gasteiger partial charge in [0, 0.05) is 6.07 Å². The first-order valence-electron chi connectivity index (χ1n) is 3.20. The zero-order valence-corrected chi connectivity index (χ0v) is 7.46. The maximum absolute atomic E-state index is 10.9. The van der Waals surface area contributed by atoms with Gasteiger partial charge in [-0.05, 0) is 11.6 Å². The van der Waals surface area contributed by atoms with Crippen molar-refractivity contribution >= 4 is 11.6 Å². The van der Waals surface area contributed by atoms with Gasteiger partial charge in [-0.25, -0.2) is 0 Å². The molecule has 1 aromatic rings. The molecule has 1 rings (SSSR count). The third kappa shape index (κ3) is 1.38. The van der Waals surface area contributed by atoms with Crippen LogP contribution in [0.25, 0.3) is 0 Å². The molecule has 0 saturated carbocycles. The van der Waals surface area contributed by atoms with E-state index < -0.39 is 0 Å². The van der Waals surface area contributed by atoms with Gasteiger partial charge in [0.2, 0.25) is 5.75 Å². The molecule has 0 aliphatic heterocycles. The molecule has 0 amide bonds. The minimum absolute atomic E-state index is 0.0307. The van der Waals surface area contributed by atoms with Crippen LogP contribution in [0, 0.1) is 5.21 Å². The van der Waals surface area contributed by atoms with Gasteiger partial charge < -0.3 is 14.7 Å². The van der Waals surface area contributed by atoms with Crippen molar-refractivity contribution in [2.24, 2.45) is 0 Å². The normalized spacial score (nSPS) is 9.58. The van der Waals surface area contributed by atoms with Crippen LogP contribution in [0.15, 0.2) is 12.3 Å². The molecule has 4 nitrogen and oxygen atoms in total. The second-order valence-corrected chi connectivity index (χ2v) is 2.39. The fourth-order valence-corrected chi connectivity index (χ4v) is 1.05. The van der Waals surface area contributed by atoms with Gasteiger partial charge in [-0.1, -0.05) is 0 Å². The lowest BCUT2D eigenvalue weighted by atomic mass is 10.4. The lowest BCUT2D eigenvalue weighted by molar-refractivity contribution is -0.603. The number of pyridine rings is 1. The van der Waals surface area contributed by atoms with Gasteiger partial charge in [0.15, 0.2) is 11.9 Å². The molecule has 0 bridgehead atoms. The SMILES string of the molecule is COc1cc[n+]([O-])c(Cl)c1OC. The van der Waals surface area contributed by atoms with Crippen molar-refractivity contribution in [3.8, 4) is 11.5 Å². The zero-order valence-electron chi connectivity index (χ0n) is 6.70. The number of halogens is 1. The van der Waals surface area contributed by atoms with Crippen LogP contribution in [-0.2, 0) is 0 Å². The molecule has 0 aliphatic carbocycles. The minimum atomic E-state index is -0.0307. The van der Waals surface area contributed by atoms with E-state index in [1.165, 1.54) is 26.5 Å². The van der Waals surface area contributed by atoms with E-state index in [1.807, 2.05) is 0 Å². The summed E-state index contributed by atoms with van der Waals surface area (Å²) in [6.07, 6.45) is 1.25. The van der Waals surface area contributed by atoms with E-state index in [1.54, 1.807) is 0 Å². The van der Waals surface area contributed by atoms with Crippen molar-refractivity contribution in [3.05, 3.63) is 22.6 Å². The maximum atomic E-state index is 10.9. The van der Waals surface area contributed by atoms with Crippen molar-refractivity contribution in [2.45, 2.75) is 0 Å². The van der Waals surface area contributed by atoms with Crippen molar-refractivity contribution in [3.63, 3.8) is 0 Å². The standard InChI is InChI=1S/C7H8ClNO3/c1-11-5-3-4-9(10)7(8)6(5)12-2/h3-4H,1-2H3. The second kappa shape index (κ2) is 3.49. The smallest absolute Gasteiger partial charge is 0.332 e. The van der Waals surface area contributed by atoms with Crippen LogP contribution >= 0.6 is 11.6 Å². The Kier molecular flexibility index (Phi) is 2.60. The molecule has 0 unspecified atom stereocenters. The number of nitrogens with zero attached hydrogens (tertiary/aromatic N) is 1. The quantitative estimate of drug-likeness (QED) is 0.396. The fourth-order valence-electron chi connectivity index (χ4n) is 0.824. The van der Waals surface area contributed by atoms with Gasteiger partial charge in [0.25, 0.3) is 0 Å². The summed E-state index contributed by atoms with van der Waals surface area (Å²) in [4.78, 5) is 0. The van der Waals surface area contributed by atoms with Crippen molar-refractivity contribution in [1.29, 1.82) is 0 Å². The second-order valence-electron chi connectivity index (χ2n) is 2.03. The average molecular weight is 190 g/mol. The number of rotatable bonds is 2. The van der Waals surface area contributed by atoms with Gasteiger partial charge in [-0.2, -0.15) is 4.73 Å². The summed E-state index contributed by atoms with van der Waals surface area (Å²) in [6, 6.07) is 1.48. The predicted octanol–water partition coefficient (Wildman–Crippen LogP) is 0.991. The Morgan fingerprint density at radius 1 is 1.42 bits per heavy atom. The van der Waals surface area contributed by atoms with Gasteiger partial charge in [0.05, 0.1) is 14.2 Å². The third-order valence-electron chi connectivity index (χ3n) is 1.39. The molecule has 0 radical (unpaired) electrons. The lowest BCUT2D eigenvalue weighted by Gasteiger charge is -2.07. The van der Waals surface area contributed by atoms with Crippen molar-refractivity contribution < 1.29 is 14.2 Å². The highest BCUT2D eigenvalue weighted by molar-refractivity contribution is 6.30. The van der Waals surface area contributed by atoms with Crippen LogP contribution < -0.4 is 14.2 Å². The van der Waals surface area contributed by atoms with E-state index in [0.29, 0.717) is 10.5 Å². The summed E-state index contributed by atoms with van der Waals surface area (Å²) in [5.41, 5.74) is 0. The van der Waals surface area contributed by atoms with E-state index in [4.69, 9.17) is 21.1 Å². The highest BCUT2D eigenvalue weighted by atomic mass is 35.5. The van der Waals surface area contributed by atoms with Crippen LogP contribution in [0.5, 0.6) is 11.5 Å². The highest BCUT2D eigenvalue weighted by Crippen LogP contribution is 2.30. The Morgan fingerprint density at radius 3 is 2.58 bits per heavy atom. The highest BCUT2D eigenvalue weighted by Gasteiger charge is 2.16. The molecule has 66 valence electrons. The average Bonchev–Trinajstić information content (AvgIpc) is 2.09. The number of methoxy groups -OCH3 is 2.